The number of aromatic amines is 1. The molecule has 5 heteroatoms. The summed E-state index contributed by atoms with van der Waals surface area (Å²) in [5.41, 5.74) is 0.211. The first kappa shape index (κ1) is 14.0. The zero-order chi connectivity index (χ0) is 14.5. The lowest BCUT2D eigenvalue weighted by molar-refractivity contribution is -0.113. The molecule has 2 N–H and O–H groups in total. The van der Waals surface area contributed by atoms with E-state index in [1.54, 1.807) is 0 Å². The molecule has 0 bridgehead atoms. The molecule has 2 heterocycles. The number of hydrogen-bond donors (Lipinski definition) is 2. The number of nitrogens with one attached hydrogen (secondary N) is 2. The van der Waals surface area contributed by atoms with Crippen LogP contribution in [0.5, 0.6) is 0 Å². The van der Waals surface area contributed by atoms with Gasteiger partial charge >= 0.3 is 0 Å². The number of H-pyrrole nitrogens is 1. The van der Waals surface area contributed by atoms with Crippen molar-refractivity contribution in [2.75, 3.05) is 6.61 Å². The monoisotopic (exact) mass is 278 g/mol. The molecule has 1 unspecified atom stereocenters. The Balaban J connectivity index is 1.61. The summed E-state index contributed by atoms with van der Waals surface area (Å²) in [6, 6.07) is 0.512. The Morgan fingerprint density at radius 3 is 2.80 bits per heavy atom. The Morgan fingerprint density at radius 1 is 1.40 bits per heavy atom. The zero-order valence-electron chi connectivity index (χ0n) is 13.2. The second kappa shape index (κ2) is 4.53. The molecule has 20 heavy (non-hydrogen) atoms. The maximum absolute atomic E-state index is 5.82. The van der Waals surface area contributed by atoms with Gasteiger partial charge in [0.15, 0.2) is 5.82 Å². The fourth-order valence-corrected chi connectivity index (χ4v) is 3.66. The van der Waals surface area contributed by atoms with E-state index in [2.05, 4.69) is 55.1 Å². The van der Waals surface area contributed by atoms with Gasteiger partial charge in [-0.25, -0.2) is 4.98 Å². The van der Waals surface area contributed by atoms with Crippen LogP contribution in [0.15, 0.2) is 0 Å². The highest BCUT2D eigenvalue weighted by atomic mass is 16.5. The lowest BCUT2D eigenvalue weighted by atomic mass is 9.57. The van der Waals surface area contributed by atoms with Crippen LogP contribution in [-0.4, -0.2) is 33.9 Å². The summed E-state index contributed by atoms with van der Waals surface area (Å²) < 4.78 is 5.82. The third-order valence-corrected chi connectivity index (χ3v) is 4.79. The van der Waals surface area contributed by atoms with Gasteiger partial charge in [-0.2, -0.15) is 5.10 Å². The summed E-state index contributed by atoms with van der Waals surface area (Å²) in [4.78, 5) is 4.58. The molecule has 3 atom stereocenters. The van der Waals surface area contributed by atoms with Gasteiger partial charge in [0, 0.05) is 29.4 Å². The van der Waals surface area contributed by atoms with Crippen molar-refractivity contribution < 1.29 is 4.74 Å². The standard InChI is InChI=1S/C15H26N4O/c1-14(2,3)13-17-10(18-19-13)8-16-11-9-6-7-20-12(9)15(11,4)5/h9,11-12,16H,6-8H2,1-5H3,(H,17,18,19)/t9-,11?,12-/m0/s1. The Bertz CT molecular complexity index is 488. The van der Waals surface area contributed by atoms with Gasteiger partial charge in [0.05, 0.1) is 12.6 Å². The minimum absolute atomic E-state index is 0.00508. The van der Waals surface area contributed by atoms with Crippen LogP contribution in [0.3, 0.4) is 0 Å². The van der Waals surface area contributed by atoms with Crippen LogP contribution in [0.25, 0.3) is 0 Å². The molecule has 3 rings (SSSR count). The molecule has 1 saturated carbocycles. The zero-order valence-corrected chi connectivity index (χ0v) is 13.2. The van der Waals surface area contributed by atoms with Crippen molar-refractivity contribution in [3.8, 4) is 0 Å². The third kappa shape index (κ3) is 2.17. The van der Waals surface area contributed by atoms with Crippen LogP contribution in [-0.2, 0) is 16.7 Å². The molecule has 1 aromatic heterocycles. The number of fused-ring (bicyclic) bond motifs is 1. The first-order chi connectivity index (χ1) is 9.30. The lowest BCUT2D eigenvalue weighted by Gasteiger charge is -2.54. The minimum Gasteiger partial charge on any atom is -0.377 e. The molecule has 1 saturated heterocycles. The Hall–Kier alpha value is -0.940. The van der Waals surface area contributed by atoms with E-state index < -0.39 is 0 Å². The highest BCUT2D eigenvalue weighted by molar-refractivity contribution is 5.11. The SMILES string of the molecule is CC(C)(C)c1n[nH]c(CNC2[C@@H]3CCO[C@@H]3C2(C)C)n1. The molecule has 1 aromatic rings. The summed E-state index contributed by atoms with van der Waals surface area (Å²) in [6.45, 7) is 12.6. The number of hydrogen-bond acceptors (Lipinski definition) is 4. The molecule has 1 aliphatic carbocycles. The van der Waals surface area contributed by atoms with Gasteiger partial charge in [-0.15, -0.1) is 0 Å². The largest absolute Gasteiger partial charge is 0.377 e. The number of ether oxygens (including phenoxy) is 1. The number of rotatable bonds is 3. The first-order valence-corrected chi connectivity index (χ1v) is 7.57. The Labute approximate surface area is 120 Å². The van der Waals surface area contributed by atoms with Gasteiger partial charge in [0.25, 0.3) is 0 Å². The van der Waals surface area contributed by atoms with E-state index in [0.29, 0.717) is 18.1 Å². The van der Waals surface area contributed by atoms with Crippen molar-refractivity contribution in [1.82, 2.24) is 20.5 Å². The minimum atomic E-state index is -0.00508. The predicted octanol–water partition coefficient (Wildman–Crippen LogP) is 2.01. The first-order valence-electron chi connectivity index (χ1n) is 7.57. The van der Waals surface area contributed by atoms with Crippen LogP contribution in [0.1, 0.15) is 52.7 Å². The van der Waals surface area contributed by atoms with Crippen LogP contribution < -0.4 is 5.32 Å². The summed E-state index contributed by atoms with van der Waals surface area (Å²) in [5.74, 6) is 2.47. The smallest absolute Gasteiger partial charge is 0.156 e. The van der Waals surface area contributed by atoms with Crippen molar-refractivity contribution in [2.24, 2.45) is 11.3 Å². The average Bonchev–Trinajstić information content (AvgIpc) is 2.95. The lowest BCUT2D eigenvalue weighted by Crippen LogP contribution is -2.65. The molecule has 112 valence electrons. The van der Waals surface area contributed by atoms with Crippen LogP contribution >= 0.6 is 0 Å². The predicted molar refractivity (Wildman–Crippen MR) is 77.3 cm³/mol. The van der Waals surface area contributed by atoms with Crippen molar-refractivity contribution in [3.05, 3.63) is 11.6 Å². The number of aromatic nitrogens is 3. The quantitative estimate of drug-likeness (QED) is 0.888. The molecule has 0 amide bonds. The van der Waals surface area contributed by atoms with E-state index in [1.807, 2.05) is 0 Å². The maximum Gasteiger partial charge on any atom is 0.156 e. The summed E-state index contributed by atoms with van der Waals surface area (Å²) in [6.07, 6.45) is 1.61. The van der Waals surface area contributed by atoms with Crippen molar-refractivity contribution in [3.63, 3.8) is 0 Å². The molecule has 2 aliphatic rings. The van der Waals surface area contributed by atoms with Gasteiger partial charge < -0.3 is 10.1 Å². The van der Waals surface area contributed by atoms with Crippen LogP contribution in [0.4, 0.5) is 0 Å². The second-order valence-electron chi connectivity index (χ2n) is 7.78. The third-order valence-electron chi connectivity index (χ3n) is 4.79. The maximum atomic E-state index is 5.82. The van der Waals surface area contributed by atoms with E-state index in [1.165, 1.54) is 6.42 Å². The molecular weight excluding hydrogens is 252 g/mol. The van der Waals surface area contributed by atoms with Gasteiger partial charge in [-0.3, -0.25) is 5.10 Å². The summed E-state index contributed by atoms with van der Waals surface area (Å²) in [5, 5.41) is 11.0. The van der Waals surface area contributed by atoms with Gasteiger partial charge in [-0.1, -0.05) is 34.6 Å². The Morgan fingerprint density at radius 2 is 2.15 bits per heavy atom. The normalized spacial score (nSPS) is 31.9. The van der Waals surface area contributed by atoms with Crippen LogP contribution in [0, 0.1) is 11.3 Å². The van der Waals surface area contributed by atoms with E-state index in [9.17, 15) is 0 Å². The van der Waals surface area contributed by atoms with E-state index in [0.717, 1.165) is 24.8 Å². The molecule has 0 aromatic carbocycles. The Kier molecular flexibility index (Phi) is 3.18. The van der Waals surface area contributed by atoms with Crippen molar-refractivity contribution in [2.45, 2.75) is 65.1 Å². The van der Waals surface area contributed by atoms with Crippen molar-refractivity contribution >= 4 is 0 Å². The molecule has 1 aliphatic heterocycles. The van der Waals surface area contributed by atoms with E-state index >= 15 is 0 Å². The van der Waals surface area contributed by atoms with Gasteiger partial charge in [0.1, 0.15) is 5.82 Å². The van der Waals surface area contributed by atoms with Crippen LogP contribution in [0.2, 0.25) is 0 Å². The molecular formula is C15H26N4O. The summed E-state index contributed by atoms with van der Waals surface area (Å²) >= 11 is 0. The average molecular weight is 278 g/mol. The topological polar surface area (TPSA) is 62.8 Å². The highest BCUT2D eigenvalue weighted by Gasteiger charge is 2.58. The van der Waals surface area contributed by atoms with E-state index in [-0.39, 0.29) is 10.8 Å². The second-order valence-corrected chi connectivity index (χ2v) is 7.78. The van der Waals surface area contributed by atoms with E-state index in [4.69, 9.17) is 4.74 Å². The molecule has 5 nitrogen and oxygen atoms in total. The van der Waals surface area contributed by atoms with Crippen molar-refractivity contribution in [1.29, 1.82) is 0 Å². The molecule has 2 fully saturated rings. The molecule has 0 radical (unpaired) electrons. The fraction of sp³-hybridized carbons (Fsp3) is 0.867. The molecule has 0 spiro atoms. The van der Waals surface area contributed by atoms with Gasteiger partial charge in [-0.05, 0) is 6.42 Å². The highest BCUT2D eigenvalue weighted by Crippen LogP contribution is 2.52. The summed E-state index contributed by atoms with van der Waals surface area (Å²) in [7, 11) is 0. The number of nitrogens with zero attached hydrogens (tertiary/aromatic N) is 2. The van der Waals surface area contributed by atoms with Gasteiger partial charge in [0.2, 0.25) is 0 Å². The fourth-order valence-electron chi connectivity index (χ4n) is 3.66.